The number of benzene rings is 1. The number of amides is 1. The summed E-state index contributed by atoms with van der Waals surface area (Å²) >= 11 is 0. The molecule has 2 N–H and O–H groups in total. The number of fused-ring (bicyclic) bond motifs is 1. The molecule has 0 aliphatic heterocycles. The molecule has 1 heterocycles. The van der Waals surface area contributed by atoms with Gasteiger partial charge in [0.05, 0.1) is 12.3 Å². The SMILES string of the molecule is CC(=O)Nc1cc(NC2CCCc3occc32)ccc1C. The van der Waals surface area contributed by atoms with E-state index in [2.05, 4.69) is 22.8 Å². The van der Waals surface area contributed by atoms with E-state index in [0.717, 1.165) is 42.0 Å². The van der Waals surface area contributed by atoms with Crippen molar-refractivity contribution < 1.29 is 9.21 Å². The Kier molecular flexibility index (Phi) is 3.69. The Bertz CT molecular complexity index is 661. The van der Waals surface area contributed by atoms with E-state index < -0.39 is 0 Å². The predicted molar refractivity (Wildman–Crippen MR) is 83.5 cm³/mol. The number of anilines is 2. The number of rotatable bonds is 3. The third-order valence-electron chi connectivity index (χ3n) is 3.94. The van der Waals surface area contributed by atoms with Gasteiger partial charge in [-0.05, 0) is 43.5 Å². The van der Waals surface area contributed by atoms with Gasteiger partial charge in [-0.25, -0.2) is 0 Å². The Labute approximate surface area is 124 Å². The Morgan fingerprint density at radius 1 is 1.33 bits per heavy atom. The van der Waals surface area contributed by atoms with Crippen molar-refractivity contribution in [1.82, 2.24) is 0 Å². The summed E-state index contributed by atoms with van der Waals surface area (Å²) in [6.45, 7) is 3.52. The number of aryl methyl sites for hydroxylation is 2. The lowest BCUT2D eigenvalue weighted by molar-refractivity contribution is -0.114. The van der Waals surface area contributed by atoms with E-state index in [1.165, 1.54) is 12.5 Å². The van der Waals surface area contributed by atoms with E-state index >= 15 is 0 Å². The fourth-order valence-corrected chi connectivity index (χ4v) is 2.87. The first-order valence-corrected chi connectivity index (χ1v) is 7.34. The van der Waals surface area contributed by atoms with Crippen LogP contribution in [0.4, 0.5) is 11.4 Å². The van der Waals surface area contributed by atoms with Gasteiger partial charge in [0, 0.05) is 30.3 Å². The third kappa shape index (κ3) is 2.94. The van der Waals surface area contributed by atoms with Crippen LogP contribution in [-0.2, 0) is 11.2 Å². The molecule has 1 atom stereocenters. The fourth-order valence-electron chi connectivity index (χ4n) is 2.87. The molecule has 0 saturated carbocycles. The average molecular weight is 284 g/mol. The van der Waals surface area contributed by atoms with Crippen LogP contribution in [0.2, 0.25) is 0 Å². The molecule has 2 aromatic rings. The van der Waals surface area contributed by atoms with E-state index in [0.29, 0.717) is 0 Å². The highest BCUT2D eigenvalue weighted by molar-refractivity contribution is 5.90. The fraction of sp³-hybridized carbons (Fsp3) is 0.353. The average Bonchev–Trinajstić information content (AvgIpc) is 2.91. The molecule has 1 aromatic carbocycles. The molecule has 0 radical (unpaired) electrons. The molecule has 1 aromatic heterocycles. The molecule has 4 nitrogen and oxygen atoms in total. The molecule has 0 saturated heterocycles. The van der Waals surface area contributed by atoms with Gasteiger partial charge in [-0.3, -0.25) is 4.79 Å². The first kappa shape index (κ1) is 13.7. The lowest BCUT2D eigenvalue weighted by Crippen LogP contribution is -2.16. The summed E-state index contributed by atoms with van der Waals surface area (Å²) in [5.41, 5.74) is 4.19. The molecule has 1 unspecified atom stereocenters. The number of carbonyl (C=O) groups excluding carboxylic acids is 1. The summed E-state index contributed by atoms with van der Waals surface area (Å²) in [6, 6.07) is 8.39. The second kappa shape index (κ2) is 5.64. The first-order valence-electron chi connectivity index (χ1n) is 7.34. The number of hydrogen-bond acceptors (Lipinski definition) is 3. The van der Waals surface area contributed by atoms with Crippen LogP contribution in [0.3, 0.4) is 0 Å². The second-order valence-corrected chi connectivity index (χ2v) is 5.60. The molecule has 0 bridgehead atoms. The van der Waals surface area contributed by atoms with Crippen molar-refractivity contribution in [1.29, 1.82) is 0 Å². The van der Waals surface area contributed by atoms with Gasteiger partial charge in [-0.15, -0.1) is 0 Å². The van der Waals surface area contributed by atoms with E-state index in [1.807, 2.05) is 19.1 Å². The quantitative estimate of drug-likeness (QED) is 0.894. The minimum absolute atomic E-state index is 0.0509. The van der Waals surface area contributed by atoms with Crippen molar-refractivity contribution in [2.45, 2.75) is 39.2 Å². The van der Waals surface area contributed by atoms with E-state index in [1.54, 1.807) is 6.26 Å². The Morgan fingerprint density at radius 3 is 3.00 bits per heavy atom. The maximum atomic E-state index is 11.3. The van der Waals surface area contributed by atoms with Gasteiger partial charge in [0.1, 0.15) is 5.76 Å². The second-order valence-electron chi connectivity index (χ2n) is 5.60. The summed E-state index contributed by atoms with van der Waals surface area (Å²) in [6.07, 6.45) is 5.01. The smallest absolute Gasteiger partial charge is 0.221 e. The van der Waals surface area contributed by atoms with Crippen molar-refractivity contribution >= 4 is 17.3 Å². The van der Waals surface area contributed by atoms with Crippen LogP contribution < -0.4 is 10.6 Å². The van der Waals surface area contributed by atoms with Gasteiger partial charge in [0.2, 0.25) is 5.91 Å². The highest BCUT2D eigenvalue weighted by Gasteiger charge is 2.22. The molecular formula is C17H20N2O2. The minimum atomic E-state index is -0.0509. The molecule has 1 aliphatic carbocycles. The molecule has 4 heteroatoms. The first-order chi connectivity index (χ1) is 10.1. The largest absolute Gasteiger partial charge is 0.469 e. The van der Waals surface area contributed by atoms with Crippen LogP contribution in [-0.4, -0.2) is 5.91 Å². The minimum Gasteiger partial charge on any atom is -0.469 e. The third-order valence-corrected chi connectivity index (χ3v) is 3.94. The van der Waals surface area contributed by atoms with Crippen molar-refractivity contribution in [2.24, 2.45) is 0 Å². The maximum absolute atomic E-state index is 11.3. The van der Waals surface area contributed by atoms with Gasteiger partial charge in [-0.2, -0.15) is 0 Å². The van der Waals surface area contributed by atoms with Crippen molar-refractivity contribution in [3.8, 4) is 0 Å². The maximum Gasteiger partial charge on any atom is 0.221 e. The van der Waals surface area contributed by atoms with Crippen molar-refractivity contribution in [3.05, 3.63) is 47.4 Å². The number of hydrogen-bond donors (Lipinski definition) is 2. The van der Waals surface area contributed by atoms with Gasteiger partial charge in [0.15, 0.2) is 0 Å². The van der Waals surface area contributed by atoms with Crippen LogP contribution >= 0.6 is 0 Å². The zero-order valence-corrected chi connectivity index (χ0v) is 12.4. The zero-order valence-electron chi connectivity index (χ0n) is 12.4. The Balaban J connectivity index is 1.81. The molecule has 0 spiro atoms. The lowest BCUT2D eigenvalue weighted by Gasteiger charge is -2.24. The summed E-state index contributed by atoms with van der Waals surface area (Å²) in [5, 5.41) is 6.42. The van der Waals surface area contributed by atoms with E-state index in [-0.39, 0.29) is 11.9 Å². The van der Waals surface area contributed by atoms with E-state index in [9.17, 15) is 4.79 Å². The molecule has 0 fully saturated rings. The summed E-state index contributed by atoms with van der Waals surface area (Å²) in [5.74, 6) is 1.04. The normalized spacial score (nSPS) is 17.1. The number of carbonyl (C=O) groups is 1. The standard InChI is InChI=1S/C17H20N2O2/c1-11-6-7-13(10-16(11)18-12(2)20)19-15-4-3-5-17-14(15)8-9-21-17/h6-10,15,19H,3-5H2,1-2H3,(H,18,20). The number of furan rings is 1. The molecule has 3 rings (SSSR count). The van der Waals surface area contributed by atoms with Crippen LogP contribution in [0.5, 0.6) is 0 Å². The van der Waals surface area contributed by atoms with Crippen LogP contribution in [0.15, 0.2) is 34.9 Å². The Morgan fingerprint density at radius 2 is 2.19 bits per heavy atom. The zero-order chi connectivity index (χ0) is 14.8. The monoisotopic (exact) mass is 284 g/mol. The molecule has 1 amide bonds. The summed E-state index contributed by atoms with van der Waals surface area (Å²) in [7, 11) is 0. The molecule has 110 valence electrons. The summed E-state index contributed by atoms with van der Waals surface area (Å²) < 4.78 is 5.52. The summed E-state index contributed by atoms with van der Waals surface area (Å²) in [4.78, 5) is 11.3. The van der Waals surface area contributed by atoms with Crippen LogP contribution in [0.25, 0.3) is 0 Å². The van der Waals surface area contributed by atoms with Gasteiger partial charge in [-0.1, -0.05) is 6.07 Å². The number of nitrogens with one attached hydrogen (secondary N) is 2. The molecule has 1 aliphatic rings. The topological polar surface area (TPSA) is 54.3 Å². The van der Waals surface area contributed by atoms with Crippen molar-refractivity contribution in [3.63, 3.8) is 0 Å². The molecular weight excluding hydrogens is 264 g/mol. The van der Waals surface area contributed by atoms with Crippen LogP contribution in [0.1, 0.15) is 42.7 Å². The highest BCUT2D eigenvalue weighted by Crippen LogP contribution is 2.34. The van der Waals surface area contributed by atoms with Gasteiger partial charge < -0.3 is 15.1 Å². The van der Waals surface area contributed by atoms with Crippen LogP contribution in [0, 0.1) is 6.92 Å². The molecule has 21 heavy (non-hydrogen) atoms. The van der Waals surface area contributed by atoms with Gasteiger partial charge in [0.25, 0.3) is 0 Å². The lowest BCUT2D eigenvalue weighted by atomic mass is 9.93. The van der Waals surface area contributed by atoms with E-state index in [4.69, 9.17) is 4.42 Å². The highest BCUT2D eigenvalue weighted by atomic mass is 16.3. The Hall–Kier alpha value is -2.23. The van der Waals surface area contributed by atoms with Gasteiger partial charge >= 0.3 is 0 Å². The van der Waals surface area contributed by atoms with Crippen molar-refractivity contribution in [2.75, 3.05) is 10.6 Å². The predicted octanol–water partition coefficient (Wildman–Crippen LogP) is 4.04.